The zero-order valence-electron chi connectivity index (χ0n) is 10.4. The van der Waals surface area contributed by atoms with Crippen molar-refractivity contribution in [1.82, 2.24) is 19.9 Å². The summed E-state index contributed by atoms with van der Waals surface area (Å²) < 4.78 is 11.8. The van der Waals surface area contributed by atoms with E-state index < -0.39 is 0 Å². The number of rotatable bonds is 3. The van der Waals surface area contributed by atoms with Crippen LogP contribution in [0.1, 0.15) is 10.8 Å². The fourth-order valence-corrected chi connectivity index (χ4v) is 2.44. The van der Waals surface area contributed by atoms with Gasteiger partial charge in [-0.3, -0.25) is 4.79 Å². The van der Waals surface area contributed by atoms with Gasteiger partial charge in [0.2, 0.25) is 0 Å². The predicted octanol–water partition coefficient (Wildman–Crippen LogP) is -0.119. The predicted molar refractivity (Wildman–Crippen MR) is 67.5 cm³/mol. The second-order valence-corrected chi connectivity index (χ2v) is 5.28. The van der Waals surface area contributed by atoms with Crippen LogP contribution in [0.25, 0.3) is 0 Å². The highest BCUT2D eigenvalue weighted by Gasteiger charge is 2.18. The second-order valence-electron chi connectivity index (χ2n) is 4.14. The van der Waals surface area contributed by atoms with Crippen molar-refractivity contribution in [3.8, 4) is 0 Å². The molecule has 1 saturated heterocycles. The van der Waals surface area contributed by atoms with Gasteiger partial charge in [-0.25, -0.2) is 4.68 Å². The number of aryl methyl sites for hydroxylation is 1. The lowest BCUT2D eigenvalue weighted by Gasteiger charge is -2.24. The van der Waals surface area contributed by atoms with Crippen LogP contribution in [0.5, 0.6) is 0 Å². The van der Waals surface area contributed by atoms with Crippen molar-refractivity contribution in [3.63, 3.8) is 0 Å². The molecule has 1 fully saturated rings. The molecule has 3 heterocycles. The summed E-state index contributed by atoms with van der Waals surface area (Å²) >= 11 is 1.11. The van der Waals surface area contributed by atoms with E-state index >= 15 is 0 Å². The van der Waals surface area contributed by atoms with E-state index in [1.165, 1.54) is 4.68 Å². The number of hydrogen-bond donors (Lipinski definition) is 0. The second kappa shape index (κ2) is 5.10. The molecule has 0 aromatic carbocycles. The lowest BCUT2D eigenvalue weighted by Crippen LogP contribution is -2.36. The van der Waals surface area contributed by atoms with E-state index in [9.17, 15) is 4.79 Å². The van der Waals surface area contributed by atoms with Gasteiger partial charge in [0.1, 0.15) is 11.6 Å². The van der Waals surface area contributed by atoms with E-state index in [4.69, 9.17) is 9.26 Å². The zero-order valence-corrected chi connectivity index (χ0v) is 11.2. The van der Waals surface area contributed by atoms with Gasteiger partial charge in [-0.2, -0.15) is 10.1 Å². The summed E-state index contributed by atoms with van der Waals surface area (Å²) in [5, 5.41) is 8.69. The average molecular weight is 283 g/mol. The highest BCUT2D eigenvalue weighted by Crippen LogP contribution is 2.12. The van der Waals surface area contributed by atoms with E-state index in [0.717, 1.165) is 29.4 Å². The number of aromatic nitrogens is 4. The summed E-state index contributed by atoms with van der Waals surface area (Å²) in [6.07, 6.45) is 0. The van der Waals surface area contributed by atoms with Gasteiger partial charge in [-0.1, -0.05) is 16.5 Å². The smallest absolute Gasteiger partial charge is 0.325 e. The molecule has 0 N–H and O–H groups in total. The molecule has 19 heavy (non-hydrogen) atoms. The maximum absolute atomic E-state index is 11.6. The van der Waals surface area contributed by atoms with Crippen molar-refractivity contribution < 1.29 is 9.26 Å². The van der Waals surface area contributed by atoms with Crippen molar-refractivity contribution in [3.05, 3.63) is 20.5 Å². The lowest BCUT2D eigenvalue weighted by molar-refractivity contribution is 0.119. The Hall–Kier alpha value is -1.74. The first-order valence-electron chi connectivity index (χ1n) is 5.92. The minimum Gasteiger partial charge on any atom is -0.378 e. The molecule has 2 aromatic heterocycles. The molecule has 0 unspecified atom stereocenters. The van der Waals surface area contributed by atoms with Gasteiger partial charge in [-0.05, 0) is 6.92 Å². The van der Waals surface area contributed by atoms with Crippen molar-refractivity contribution in [2.24, 2.45) is 0 Å². The fraction of sp³-hybridized carbons (Fsp3) is 0.600. The summed E-state index contributed by atoms with van der Waals surface area (Å²) in [7, 11) is 0. The SMILES string of the molecule is Cc1nn(Cc2noc(N3CCOCC3)n2)c(=O)s1. The molecule has 0 bridgehead atoms. The van der Waals surface area contributed by atoms with Crippen LogP contribution in [0.2, 0.25) is 0 Å². The Kier molecular flexibility index (Phi) is 3.30. The molecular weight excluding hydrogens is 270 g/mol. The third kappa shape index (κ3) is 2.66. The van der Waals surface area contributed by atoms with Gasteiger partial charge in [0.25, 0.3) is 0 Å². The zero-order chi connectivity index (χ0) is 13.2. The molecule has 0 aliphatic carbocycles. The van der Waals surface area contributed by atoms with Crippen LogP contribution in [0, 0.1) is 6.92 Å². The van der Waals surface area contributed by atoms with Gasteiger partial charge >= 0.3 is 10.9 Å². The Bertz CT molecular complexity index is 613. The van der Waals surface area contributed by atoms with Crippen LogP contribution < -0.4 is 9.77 Å². The Balaban J connectivity index is 1.74. The van der Waals surface area contributed by atoms with E-state index in [1.54, 1.807) is 6.92 Å². The summed E-state index contributed by atoms with van der Waals surface area (Å²) in [4.78, 5) is 17.7. The number of morpholine rings is 1. The molecule has 102 valence electrons. The van der Waals surface area contributed by atoms with Crippen LogP contribution in [0.3, 0.4) is 0 Å². The fourth-order valence-electron chi connectivity index (χ4n) is 1.84. The van der Waals surface area contributed by atoms with E-state index in [-0.39, 0.29) is 11.4 Å². The van der Waals surface area contributed by atoms with E-state index in [0.29, 0.717) is 25.1 Å². The minimum atomic E-state index is -0.116. The van der Waals surface area contributed by atoms with Gasteiger partial charge in [-0.15, -0.1) is 0 Å². The number of ether oxygens (including phenoxy) is 1. The maximum atomic E-state index is 11.6. The van der Waals surface area contributed by atoms with Crippen LogP contribution in [0.15, 0.2) is 9.32 Å². The molecule has 0 amide bonds. The molecule has 0 atom stereocenters. The Morgan fingerprint density at radius 1 is 1.37 bits per heavy atom. The Labute approximate surface area is 112 Å². The average Bonchev–Trinajstić information content (AvgIpc) is 2.99. The normalized spacial score (nSPS) is 15.9. The van der Waals surface area contributed by atoms with Gasteiger partial charge in [0, 0.05) is 13.1 Å². The number of hydrogen-bond acceptors (Lipinski definition) is 8. The molecule has 9 heteroatoms. The van der Waals surface area contributed by atoms with Crippen molar-refractivity contribution in [1.29, 1.82) is 0 Å². The number of nitrogens with zero attached hydrogens (tertiary/aromatic N) is 5. The highest BCUT2D eigenvalue weighted by atomic mass is 32.1. The molecule has 1 aliphatic heterocycles. The molecular formula is C10H13N5O3S. The van der Waals surface area contributed by atoms with Crippen LogP contribution in [0.4, 0.5) is 6.01 Å². The lowest BCUT2D eigenvalue weighted by atomic mass is 10.4. The molecule has 2 aromatic rings. The molecule has 3 rings (SSSR count). The summed E-state index contributed by atoms with van der Waals surface area (Å²) in [6, 6.07) is 0.471. The molecule has 0 saturated carbocycles. The van der Waals surface area contributed by atoms with Crippen molar-refractivity contribution in [2.75, 3.05) is 31.2 Å². The third-order valence-electron chi connectivity index (χ3n) is 2.74. The van der Waals surface area contributed by atoms with Crippen LogP contribution in [-0.4, -0.2) is 46.2 Å². The van der Waals surface area contributed by atoms with Crippen molar-refractivity contribution >= 4 is 17.4 Å². The van der Waals surface area contributed by atoms with Gasteiger partial charge < -0.3 is 14.2 Å². The number of anilines is 1. The van der Waals surface area contributed by atoms with Gasteiger partial charge in [0.05, 0.1) is 13.2 Å². The van der Waals surface area contributed by atoms with Crippen molar-refractivity contribution in [2.45, 2.75) is 13.5 Å². The summed E-state index contributed by atoms with van der Waals surface area (Å²) in [5.41, 5.74) is 0. The van der Waals surface area contributed by atoms with Crippen LogP contribution in [-0.2, 0) is 11.3 Å². The standard InChI is InChI=1S/C10H13N5O3S/c1-7-12-15(10(16)19-7)6-8-11-9(18-13-8)14-2-4-17-5-3-14/h2-6H2,1H3. The molecule has 8 nitrogen and oxygen atoms in total. The Morgan fingerprint density at radius 2 is 2.16 bits per heavy atom. The first-order chi connectivity index (χ1) is 9.22. The maximum Gasteiger partial charge on any atom is 0.325 e. The Morgan fingerprint density at radius 3 is 2.84 bits per heavy atom. The highest BCUT2D eigenvalue weighted by molar-refractivity contribution is 7.08. The summed E-state index contributed by atoms with van der Waals surface area (Å²) in [6.45, 7) is 4.80. The quantitative estimate of drug-likeness (QED) is 0.776. The van der Waals surface area contributed by atoms with Crippen LogP contribution >= 0.6 is 11.3 Å². The third-order valence-corrected chi connectivity index (χ3v) is 3.50. The summed E-state index contributed by atoms with van der Waals surface area (Å²) in [5.74, 6) is 0.453. The van der Waals surface area contributed by atoms with E-state index in [2.05, 4.69) is 15.2 Å². The first kappa shape index (κ1) is 12.3. The monoisotopic (exact) mass is 283 g/mol. The largest absolute Gasteiger partial charge is 0.378 e. The molecule has 0 radical (unpaired) electrons. The molecule has 1 aliphatic rings. The topological polar surface area (TPSA) is 86.3 Å². The van der Waals surface area contributed by atoms with Gasteiger partial charge in [0.15, 0.2) is 5.82 Å². The van der Waals surface area contributed by atoms with E-state index in [1.807, 2.05) is 4.90 Å². The minimum absolute atomic E-state index is 0.116. The first-order valence-corrected chi connectivity index (χ1v) is 6.74. The molecule has 0 spiro atoms.